The van der Waals surface area contributed by atoms with Crippen molar-refractivity contribution in [1.82, 2.24) is 0 Å². The highest BCUT2D eigenvalue weighted by Gasteiger charge is 2.30. The SMILES string of the molecule is C=C(Br)S(=O)(=O)Oc1c(F)c(F)c(F)c(F)c1F. The second kappa shape index (κ2) is 4.84. The van der Waals surface area contributed by atoms with Gasteiger partial charge in [0, 0.05) is 0 Å². The van der Waals surface area contributed by atoms with E-state index in [4.69, 9.17) is 0 Å². The van der Waals surface area contributed by atoms with E-state index in [1.807, 2.05) is 0 Å². The highest BCUT2D eigenvalue weighted by Crippen LogP contribution is 2.31. The van der Waals surface area contributed by atoms with Crippen LogP contribution >= 0.6 is 15.9 Å². The van der Waals surface area contributed by atoms with Gasteiger partial charge in [-0.3, -0.25) is 0 Å². The molecule has 0 spiro atoms. The average molecular weight is 353 g/mol. The molecule has 0 aromatic heterocycles. The average Bonchev–Trinajstić information content (AvgIpc) is 2.29. The van der Waals surface area contributed by atoms with Crippen LogP contribution in [0.4, 0.5) is 22.0 Å². The fraction of sp³-hybridized carbons (Fsp3) is 0. The van der Waals surface area contributed by atoms with E-state index in [9.17, 15) is 30.4 Å². The molecule has 0 fully saturated rings. The zero-order chi connectivity index (χ0) is 14.2. The van der Waals surface area contributed by atoms with Gasteiger partial charge in [-0.2, -0.15) is 17.2 Å². The highest BCUT2D eigenvalue weighted by molar-refractivity contribution is 9.13. The van der Waals surface area contributed by atoms with Crippen molar-refractivity contribution in [3.8, 4) is 5.75 Å². The van der Waals surface area contributed by atoms with Gasteiger partial charge in [0.2, 0.25) is 34.8 Å². The van der Waals surface area contributed by atoms with Crippen molar-refractivity contribution in [2.24, 2.45) is 0 Å². The monoisotopic (exact) mass is 352 g/mol. The van der Waals surface area contributed by atoms with Gasteiger partial charge in [0.25, 0.3) is 0 Å². The molecule has 0 unspecified atom stereocenters. The summed E-state index contributed by atoms with van der Waals surface area (Å²) in [6.45, 7) is 2.84. The Kier molecular flexibility index (Phi) is 4.01. The normalized spacial score (nSPS) is 11.4. The van der Waals surface area contributed by atoms with Gasteiger partial charge in [-0.1, -0.05) is 6.58 Å². The van der Waals surface area contributed by atoms with E-state index in [0.717, 1.165) is 0 Å². The summed E-state index contributed by atoms with van der Waals surface area (Å²) in [5.74, 6) is -13.8. The Labute approximate surface area is 106 Å². The predicted octanol–water partition coefficient (Wildman–Crippen LogP) is 2.96. The van der Waals surface area contributed by atoms with Crippen molar-refractivity contribution in [3.05, 3.63) is 39.5 Å². The van der Waals surface area contributed by atoms with E-state index in [0.29, 0.717) is 0 Å². The van der Waals surface area contributed by atoms with Crippen molar-refractivity contribution in [2.75, 3.05) is 0 Å². The number of benzene rings is 1. The topological polar surface area (TPSA) is 43.4 Å². The van der Waals surface area contributed by atoms with Crippen LogP contribution in [0.2, 0.25) is 0 Å². The van der Waals surface area contributed by atoms with E-state index in [1.165, 1.54) is 0 Å². The Balaban J connectivity index is 3.49. The summed E-state index contributed by atoms with van der Waals surface area (Å²) in [6.07, 6.45) is 0. The number of halogens is 6. The van der Waals surface area contributed by atoms with Crippen LogP contribution in [-0.2, 0) is 10.1 Å². The van der Waals surface area contributed by atoms with Gasteiger partial charge in [0.05, 0.1) is 0 Å². The molecule has 1 aromatic rings. The summed E-state index contributed by atoms with van der Waals surface area (Å²) in [7, 11) is -4.76. The van der Waals surface area contributed by atoms with Crippen LogP contribution in [0, 0.1) is 29.1 Å². The molecule has 1 rings (SSSR count). The van der Waals surface area contributed by atoms with Crippen LogP contribution in [0.5, 0.6) is 5.75 Å². The molecule has 0 aliphatic carbocycles. The first kappa shape index (κ1) is 14.9. The summed E-state index contributed by atoms with van der Waals surface area (Å²) in [5, 5.41) is 0. The van der Waals surface area contributed by atoms with Crippen molar-refractivity contribution in [2.45, 2.75) is 0 Å². The maximum absolute atomic E-state index is 13.0. The first-order valence-electron chi connectivity index (χ1n) is 3.90. The van der Waals surface area contributed by atoms with Crippen molar-refractivity contribution in [1.29, 1.82) is 0 Å². The maximum Gasteiger partial charge on any atom is 0.345 e. The Bertz CT molecular complexity index is 599. The zero-order valence-electron chi connectivity index (χ0n) is 8.11. The first-order valence-corrected chi connectivity index (χ1v) is 6.10. The molecule has 1 aromatic carbocycles. The van der Waals surface area contributed by atoms with Gasteiger partial charge in [0.15, 0.2) is 0 Å². The summed E-state index contributed by atoms with van der Waals surface area (Å²) >= 11 is 2.34. The molecule has 18 heavy (non-hydrogen) atoms. The number of hydrogen-bond donors (Lipinski definition) is 0. The van der Waals surface area contributed by atoms with E-state index in [1.54, 1.807) is 0 Å². The molecular formula is C8H2BrF5O3S. The van der Waals surface area contributed by atoms with Crippen LogP contribution in [0.3, 0.4) is 0 Å². The Hall–Kier alpha value is -1.16. The molecule has 0 amide bonds. The molecule has 100 valence electrons. The second-order valence-electron chi connectivity index (χ2n) is 2.79. The molecule has 0 bridgehead atoms. The first-order chi connectivity index (χ1) is 8.09. The van der Waals surface area contributed by atoms with E-state index < -0.39 is 48.8 Å². The maximum atomic E-state index is 13.0. The molecule has 0 aliphatic heterocycles. The van der Waals surface area contributed by atoms with Crippen LogP contribution in [0.25, 0.3) is 0 Å². The van der Waals surface area contributed by atoms with Crippen LogP contribution in [-0.4, -0.2) is 8.42 Å². The van der Waals surface area contributed by atoms with E-state index in [-0.39, 0.29) is 0 Å². The third kappa shape index (κ3) is 2.48. The zero-order valence-corrected chi connectivity index (χ0v) is 10.5. The highest BCUT2D eigenvalue weighted by atomic mass is 79.9. The molecule has 0 aliphatic rings. The summed E-state index contributed by atoms with van der Waals surface area (Å²) in [4.78, 5) is 0. The minimum atomic E-state index is -4.76. The summed E-state index contributed by atoms with van der Waals surface area (Å²) < 4.78 is 89.2. The minimum absolute atomic E-state index is 0.848. The fourth-order valence-corrected chi connectivity index (χ4v) is 1.47. The smallest absolute Gasteiger partial charge is 0.345 e. The van der Waals surface area contributed by atoms with Crippen molar-refractivity contribution < 1.29 is 34.6 Å². The lowest BCUT2D eigenvalue weighted by Crippen LogP contribution is -2.13. The summed E-state index contributed by atoms with van der Waals surface area (Å²) in [6, 6.07) is 0. The van der Waals surface area contributed by atoms with E-state index in [2.05, 4.69) is 26.7 Å². The lowest BCUT2D eigenvalue weighted by atomic mass is 10.3. The second-order valence-corrected chi connectivity index (χ2v) is 5.84. The quantitative estimate of drug-likeness (QED) is 0.363. The molecule has 0 saturated heterocycles. The molecule has 0 radical (unpaired) electrons. The van der Waals surface area contributed by atoms with Gasteiger partial charge in [-0.05, 0) is 15.9 Å². The fourth-order valence-electron chi connectivity index (χ4n) is 0.813. The molecular weight excluding hydrogens is 351 g/mol. The Morgan fingerprint density at radius 1 is 0.944 bits per heavy atom. The minimum Gasteiger partial charge on any atom is -0.372 e. The van der Waals surface area contributed by atoms with Crippen LogP contribution < -0.4 is 4.18 Å². The van der Waals surface area contributed by atoms with Crippen molar-refractivity contribution in [3.63, 3.8) is 0 Å². The number of rotatable bonds is 3. The van der Waals surface area contributed by atoms with Gasteiger partial charge in [-0.15, -0.1) is 0 Å². The predicted molar refractivity (Wildman–Crippen MR) is 53.8 cm³/mol. The number of hydrogen-bond acceptors (Lipinski definition) is 3. The Morgan fingerprint density at radius 3 is 1.61 bits per heavy atom. The Morgan fingerprint density at radius 2 is 1.28 bits per heavy atom. The largest absolute Gasteiger partial charge is 0.372 e. The lowest BCUT2D eigenvalue weighted by Gasteiger charge is -2.09. The lowest BCUT2D eigenvalue weighted by molar-refractivity contribution is 0.348. The van der Waals surface area contributed by atoms with Crippen LogP contribution in [0.1, 0.15) is 0 Å². The molecule has 0 heterocycles. The molecule has 3 nitrogen and oxygen atoms in total. The van der Waals surface area contributed by atoms with E-state index >= 15 is 0 Å². The van der Waals surface area contributed by atoms with Gasteiger partial charge >= 0.3 is 10.1 Å². The van der Waals surface area contributed by atoms with Crippen LogP contribution in [0.15, 0.2) is 10.4 Å². The standard InChI is InChI=1S/C8H2BrF5O3S/c1-2(9)18(15,16)17-8-6(13)4(11)3(10)5(12)7(8)14/h1H2. The third-order valence-electron chi connectivity index (χ3n) is 1.63. The summed E-state index contributed by atoms with van der Waals surface area (Å²) in [5.41, 5.74) is 0. The molecule has 0 N–H and O–H groups in total. The molecule has 0 atom stereocenters. The molecule has 10 heteroatoms. The van der Waals surface area contributed by atoms with Crippen molar-refractivity contribution >= 4 is 26.0 Å². The van der Waals surface area contributed by atoms with Gasteiger partial charge in [0.1, 0.15) is 3.81 Å². The van der Waals surface area contributed by atoms with Gasteiger partial charge < -0.3 is 4.18 Å². The van der Waals surface area contributed by atoms with Gasteiger partial charge in [-0.25, -0.2) is 13.2 Å². The molecule has 0 saturated carbocycles. The third-order valence-corrected chi connectivity index (χ3v) is 3.75.